The van der Waals surface area contributed by atoms with Gasteiger partial charge >= 0.3 is 0 Å². The van der Waals surface area contributed by atoms with E-state index in [2.05, 4.69) is 10.2 Å². The Kier molecular flexibility index (Phi) is 8.16. The van der Waals surface area contributed by atoms with E-state index in [1.165, 1.54) is 0 Å². The second-order valence-corrected chi connectivity index (χ2v) is 6.14. The van der Waals surface area contributed by atoms with Crippen LogP contribution in [-0.4, -0.2) is 44.9 Å². The van der Waals surface area contributed by atoms with E-state index in [-0.39, 0.29) is 18.4 Å². The number of methoxy groups -OCH3 is 1. The lowest BCUT2D eigenvalue weighted by Crippen LogP contribution is -2.45. The zero-order valence-electron chi connectivity index (χ0n) is 15.0. The summed E-state index contributed by atoms with van der Waals surface area (Å²) in [5, 5.41) is 3.30. The van der Waals surface area contributed by atoms with Crippen molar-refractivity contribution in [1.82, 2.24) is 10.2 Å². The van der Waals surface area contributed by atoms with Crippen molar-refractivity contribution >= 4 is 12.4 Å². The van der Waals surface area contributed by atoms with Gasteiger partial charge in [-0.05, 0) is 23.3 Å². The second-order valence-electron chi connectivity index (χ2n) is 6.14. The van der Waals surface area contributed by atoms with Crippen LogP contribution in [0.1, 0.15) is 17.2 Å². The smallest absolute Gasteiger partial charge is 0.161 e. The lowest BCUT2D eigenvalue weighted by atomic mass is 10.0. The quantitative estimate of drug-likeness (QED) is 0.795. The van der Waals surface area contributed by atoms with Gasteiger partial charge in [-0.1, -0.05) is 36.4 Å². The maximum absolute atomic E-state index is 13.7. The molecule has 1 heterocycles. The molecule has 1 atom stereocenters. The first kappa shape index (κ1) is 20.5. The lowest BCUT2D eigenvalue weighted by Gasteiger charge is -2.33. The standard InChI is InChI=1S/C20H25FN2O2.ClH/c1-24-20-13-17(18(14-21)23-11-9-22-10-12-23)7-8-19(20)25-15-16-5-3-2-4-6-16;/h2-8,13,18,22H,9-12,14-15H2,1H3;1H/t18-;/m0./s1. The third-order valence-corrected chi connectivity index (χ3v) is 4.55. The topological polar surface area (TPSA) is 33.7 Å². The minimum absolute atomic E-state index is 0. The molecule has 6 heteroatoms. The summed E-state index contributed by atoms with van der Waals surface area (Å²) in [5.41, 5.74) is 2.02. The van der Waals surface area contributed by atoms with Crippen LogP contribution < -0.4 is 14.8 Å². The zero-order valence-corrected chi connectivity index (χ0v) is 15.8. The molecule has 142 valence electrons. The van der Waals surface area contributed by atoms with Crippen LogP contribution in [0.3, 0.4) is 0 Å². The average Bonchev–Trinajstić information content (AvgIpc) is 2.69. The van der Waals surface area contributed by atoms with E-state index in [1.807, 2.05) is 48.5 Å². The van der Waals surface area contributed by atoms with Crippen molar-refractivity contribution in [2.75, 3.05) is 40.0 Å². The fourth-order valence-electron chi connectivity index (χ4n) is 3.14. The van der Waals surface area contributed by atoms with Gasteiger partial charge in [-0.3, -0.25) is 4.90 Å². The highest BCUT2D eigenvalue weighted by atomic mass is 35.5. The molecule has 4 nitrogen and oxygen atoms in total. The Labute approximate surface area is 160 Å². The molecule has 0 amide bonds. The Morgan fingerprint density at radius 2 is 1.81 bits per heavy atom. The Balaban J connectivity index is 0.00000243. The van der Waals surface area contributed by atoms with Gasteiger partial charge in [-0.2, -0.15) is 0 Å². The molecule has 0 spiro atoms. The first-order valence-electron chi connectivity index (χ1n) is 8.67. The molecule has 0 saturated carbocycles. The fraction of sp³-hybridized carbons (Fsp3) is 0.400. The Bertz CT molecular complexity index is 666. The van der Waals surface area contributed by atoms with Crippen molar-refractivity contribution in [2.45, 2.75) is 12.6 Å². The van der Waals surface area contributed by atoms with Crippen molar-refractivity contribution in [1.29, 1.82) is 0 Å². The Morgan fingerprint density at radius 1 is 1.08 bits per heavy atom. The summed E-state index contributed by atoms with van der Waals surface area (Å²) in [5.74, 6) is 1.31. The Morgan fingerprint density at radius 3 is 2.46 bits per heavy atom. The first-order valence-corrected chi connectivity index (χ1v) is 8.67. The molecule has 1 N–H and O–H groups in total. The van der Waals surface area contributed by atoms with E-state index >= 15 is 0 Å². The molecule has 0 aliphatic carbocycles. The molecule has 26 heavy (non-hydrogen) atoms. The molecule has 3 rings (SSSR count). The third kappa shape index (κ3) is 5.10. The van der Waals surface area contributed by atoms with Crippen LogP contribution in [0.4, 0.5) is 4.39 Å². The molecule has 1 saturated heterocycles. The van der Waals surface area contributed by atoms with Crippen molar-refractivity contribution in [3.63, 3.8) is 0 Å². The minimum atomic E-state index is -0.409. The van der Waals surface area contributed by atoms with E-state index in [1.54, 1.807) is 7.11 Å². The van der Waals surface area contributed by atoms with E-state index in [0.29, 0.717) is 18.1 Å². The van der Waals surface area contributed by atoms with Crippen LogP contribution in [0.15, 0.2) is 48.5 Å². The van der Waals surface area contributed by atoms with E-state index in [9.17, 15) is 4.39 Å². The summed E-state index contributed by atoms with van der Waals surface area (Å²) < 4.78 is 25.1. The monoisotopic (exact) mass is 380 g/mol. The van der Waals surface area contributed by atoms with E-state index < -0.39 is 6.67 Å². The summed E-state index contributed by atoms with van der Waals surface area (Å²) in [6.07, 6.45) is 0. The van der Waals surface area contributed by atoms with Crippen molar-refractivity contribution in [3.8, 4) is 11.5 Å². The summed E-state index contributed by atoms with van der Waals surface area (Å²) in [4.78, 5) is 2.18. The van der Waals surface area contributed by atoms with Crippen LogP contribution >= 0.6 is 12.4 Å². The maximum atomic E-state index is 13.7. The number of halogens is 2. The lowest BCUT2D eigenvalue weighted by molar-refractivity contribution is 0.147. The molecule has 2 aromatic carbocycles. The molecule has 1 aliphatic rings. The van der Waals surface area contributed by atoms with Gasteiger partial charge in [0.1, 0.15) is 13.3 Å². The highest BCUT2D eigenvalue weighted by Gasteiger charge is 2.23. The summed E-state index contributed by atoms with van der Waals surface area (Å²) >= 11 is 0. The summed E-state index contributed by atoms with van der Waals surface area (Å²) in [6, 6.07) is 15.5. The number of benzene rings is 2. The van der Waals surface area contributed by atoms with Gasteiger partial charge in [0.25, 0.3) is 0 Å². The second kappa shape index (κ2) is 10.4. The average molecular weight is 381 g/mol. The number of ether oxygens (including phenoxy) is 2. The van der Waals surface area contributed by atoms with Gasteiger partial charge in [0.05, 0.1) is 13.2 Å². The van der Waals surface area contributed by atoms with Gasteiger partial charge in [-0.25, -0.2) is 4.39 Å². The van der Waals surface area contributed by atoms with Crippen LogP contribution in [0.2, 0.25) is 0 Å². The van der Waals surface area contributed by atoms with Gasteiger partial charge < -0.3 is 14.8 Å². The predicted octanol–water partition coefficient (Wildman–Crippen LogP) is 3.61. The number of nitrogens with one attached hydrogen (secondary N) is 1. The Hall–Kier alpha value is -1.82. The highest BCUT2D eigenvalue weighted by molar-refractivity contribution is 5.85. The number of alkyl halides is 1. The van der Waals surface area contributed by atoms with Crippen LogP contribution in [0.25, 0.3) is 0 Å². The SMILES string of the molecule is COc1cc([C@H](CF)N2CCNCC2)ccc1OCc1ccccc1.Cl. The molecule has 0 unspecified atom stereocenters. The maximum Gasteiger partial charge on any atom is 0.161 e. The van der Waals surface area contributed by atoms with Crippen LogP contribution in [-0.2, 0) is 6.61 Å². The van der Waals surface area contributed by atoms with Crippen LogP contribution in [0.5, 0.6) is 11.5 Å². The molecule has 1 aliphatic heterocycles. The molecule has 0 radical (unpaired) electrons. The van der Waals surface area contributed by atoms with Gasteiger partial charge in [0, 0.05) is 26.2 Å². The number of hydrogen-bond acceptors (Lipinski definition) is 4. The summed E-state index contributed by atoms with van der Waals surface area (Å²) in [6.45, 7) is 3.55. The van der Waals surface area contributed by atoms with Crippen molar-refractivity contribution in [2.24, 2.45) is 0 Å². The molecule has 1 fully saturated rings. The number of hydrogen-bond donors (Lipinski definition) is 1. The number of nitrogens with zero attached hydrogens (tertiary/aromatic N) is 1. The number of piperazine rings is 1. The van der Waals surface area contributed by atoms with Crippen molar-refractivity contribution < 1.29 is 13.9 Å². The fourth-order valence-corrected chi connectivity index (χ4v) is 3.14. The highest BCUT2D eigenvalue weighted by Crippen LogP contribution is 2.33. The third-order valence-electron chi connectivity index (χ3n) is 4.55. The number of rotatable bonds is 7. The van der Waals surface area contributed by atoms with Gasteiger partial charge in [-0.15, -0.1) is 12.4 Å². The largest absolute Gasteiger partial charge is 0.493 e. The summed E-state index contributed by atoms with van der Waals surface area (Å²) in [7, 11) is 1.61. The minimum Gasteiger partial charge on any atom is -0.493 e. The molecule has 0 aromatic heterocycles. The van der Waals surface area contributed by atoms with E-state index in [0.717, 1.165) is 37.3 Å². The van der Waals surface area contributed by atoms with Gasteiger partial charge in [0.2, 0.25) is 0 Å². The zero-order chi connectivity index (χ0) is 17.5. The van der Waals surface area contributed by atoms with Gasteiger partial charge in [0.15, 0.2) is 11.5 Å². The molecule has 2 aromatic rings. The van der Waals surface area contributed by atoms with E-state index in [4.69, 9.17) is 9.47 Å². The molecular formula is C20H26ClFN2O2. The van der Waals surface area contributed by atoms with Crippen LogP contribution in [0, 0.1) is 0 Å². The normalized spacial score (nSPS) is 15.8. The molecule has 0 bridgehead atoms. The van der Waals surface area contributed by atoms with Crippen molar-refractivity contribution in [3.05, 3.63) is 59.7 Å². The molecular weight excluding hydrogens is 355 g/mol. The first-order chi connectivity index (χ1) is 12.3. The predicted molar refractivity (Wildman–Crippen MR) is 104 cm³/mol.